The lowest BCUT2D eigenvalue weighted by molar-refractivity contribution is -0.137. The third-order valence-electron chi connectivity index (χ3n) is 3.34. The van der Waals surface area contributed by atoms with Crippen LogP contribution in [0.3, 0.4) is 0 Å². The van der Waals surface area contributed by atoms with E-state index in [2.05, 4.69) is 9.97 Å². The van der Waals surface area contributed by atoms with Crippen LogP contribution < -0.4 is 5.73 Å². The standard InChI is InChI=1S/C17H12F3N3/c18-17(19,20)13-5-1-3-11(7-13)15-9-16(23-10-22-15)12-4-2-6-14(21)8-12/h1-10H,21H2. The van der Waals surface area contributed by atoms with E-state index in [1.54, 1.807) is 30.3 Å². The smallest absolute Gasteiger partial charge is 0.399 e. The van der Waals surface area contributed by atoms with Gasteiger partial charge in [-0.1, -0.05) is 24.3 Å². The number of benzene rings is 2. The second-order valence-corrected chi connectivity index (χ2v) is 4.99. The second kappa shape index (κ2) is 5.72. The van der Waals surface area contributed by atoms with Gasteiger partial charge in [-0.2, -0.15) is 13.2 Å². The molecule has 1 aromatic heterocycles. The Balaban J connectivity index is 2.04. The fraction of sp³-hybridized carbons (Fsp3) is 0.0588. The van der Waals surface area contributed by atoms with Crippen molar-refractivity contribution >= 4 is 5.69 Å². The molecule has 6 heteroatoms. The van der Waals surface area contributed by atoms with Gasteiger partial charge in [-0.15, -0.1) is 0 Å². The molecule has 2 aromatic carbocycles. The fourth-order valence-corrected chi connectivity index (χ4v) is 2.23. The van der Waals surface area contributed by atoms with Crippen LogP contribution in [0.5, 0.6) is 0 Å². The molecule has 116 valence electrons. The predicted octanol–water partition coefficient (Wildman–Crippen LogP) is 4.41. The van der Waals surface area contributed by atoms with E-state index in [0.29, 0.717) is 22.6 Å². The monoisotopic (exact) mass is 315 g/mol. The Kier molecular flexibility index (Phi) is 3.73. The van der Waals surface area contributed by atoms with Crippen LogP contribution in [-0.4, -0.2) is 9.97 Å². The molecule has 2 N–H and O–H groups in total. The first-order valence-electron chi connectivity index (χ1n) is 6.79. The molecule has 0 bridgehead atoms. The van der Waals surface area contributed by atoms with Crippen LogP contribution >= 0.6 is 0 Å². The number of alkyl halides is 3. The lowest BCUT2D eigenvalue weighted by Gasteiger charge is -2.09. The zero-order chi connectivity index (χ0) is 16.4. The van der Waals surface area contributed by atoms with Crippen molar-refractivity contribution in [3.05, 3.63) is 66.5 Å². The van der Waals surface area contributed by atoms with Crippen molar-refractivity contribution in [1.29, 1.82) is 0 Å². The number of halogens is 3. The molecule has 0 saturated heterocycles. The Morgan fingerprint density at radius 1 is 0.783 bits per heavy atom. The van der Waals surface area contributed by atoms with Crippen LogP contribution in [0.25, 0.3) is 22.5 Å². The number of nitrogen functional groups attached to an aromatic ring is 1. The SMILES string of the molecule is Nc1cccc(-c2cc(-c3cccc(C(F)(F)F)c3)ncn2)c1. The van der Waals surface area contributed by atoms with Crippen molar-refractivity contribution in [1.82, 2.24) is 9.97 Å². The van der Waals surface area contributed by atoms with Gasteiger partial charge in [-0.3, -0.25) is 0 Å². The number of rotatable bonds is 2. The van der Waals surface area contributed by atoms with Crippen molar-refractivity contribution in [2.45, 2.75) is 6.18 Å². The Morgan fingerprint density at radius 3 is 2.00 bits per heavy atom. The molecular formula is C17H12F3N3. The van der Waals surface area contributed by atoms with E-state index in [-0.39, 0.29) is 0 Å². The quantitative estimate of drug-likeness (QED) is 0.713. The average Bonchev–Trinajstić information content (AvgIpc) is 2.54. The summed E-state index contributed by atoms with van der Waals surface area (Å²) in [6.07, 6.45) is -3.06. The zero-order valence-corrected chi connectivity index (χ0v) is 11.9. The number of hydrogen-bond acceptors (Lipinski definition) is 3. The summed E-state index contributed by atoms with van der Waals surface area (Å²) >= 11 is 0. The van der Waals surface area contributed by atoms with E-state index < -0.39 is 11.7 Å². The van der Waals surface area contributed by atoms with Gasteiger partial charge >= 0.3 is 6.18 Å². The van der Waals surface area contributed by atoms with Crippen molar-refractivity contribution in [2.75, 3.05) is 5.73 Å². The zero-order valence-electron chi connectivity index (χ0n) is 11.9. The highest BCUT2D eigenvalue weighted by Crippen LogP contribution is 2.32. The molecule has 0 saturated carbocycles. The van der Waals surface area contributed by atoms with Crippen molar-refractivity contribution in [3.63, 3.8) is 0 Å². The van der Waals surface area contributed by atoms with Gasteiger partial charge in [0.1, 0.15) is 6.33 Å². The van der Waals surface area contributed by atoms with Crippen molar-refractivity contribution in [2.24, 2.45) is 0 Å². The van der Waals surface area contributed by atoms with E-state index in [9.17, 15) is 13.2 Å². The first kappa shape index (κ1) is 15.0. The Bertz CT molecular complexity index is 844. The topological polar surface area (TPSA) is 51.8 Å². The highest BCUT2D eigenvalue weighted by atomic mass is 19.4. The maximum absolute atomic E-state index is 12.8. The van der Waals surface area contributed by atoms with Crippen molar-refractivity contribution in [3.8, 4) is 22.5 Å². The highest BCUT2D eigenvalue weighted by molar-refractivity contribution is 5.69. The second-order valence-electron chi connectivity index (χ2n) is 4.99. The van der Waals surface area contributed by atoms with Crippen LogP contribution in [0.2, 0.25) is 0 Å². The van der Waals surface area contributed by atoms with Crippen LogP contribution in [0.15, 0.2) is 60.9 Å². The third-order valence-corrected chi connectivity index (χ3v) is 3.34. The fourth-order valence-electron chi connectivity index (χ4n) is 2.23. The lowest BCUT2D eigenvalue weighted by atomic mass is 10.0. The Morgan fingerprint density at radius 2 is 1.39 bits per heavy atom. The molecule has 0 atom stereocenters. The summed E-state index contributed by atoms with van der Waals surface area (Å²) in [6, 6.07) is 13.8. The molecule has 23 heavy (non-hydrogen) atoms. The van der Waals surface area contributed by atoms with Gasteiger partial charge in [0.25, 0.3) is 0 Å². The molecule has 0 spiro atoms. The van der Waals surface area contributed by atoms with Gasteiger partial charge in [0.05, 0.1) is 17.0 Å². The molecule has 0 aliphatic carbocycles. The minimum atomic E-state index is -4.39. The Hall–Kier alpha value is -2.89. The summed E-state index contributed by atoms with van der Waals surface area (Å²) < 4.78 is 38.5. The van der Waals surface area contributed by atoms with Gasteiger partial charge < -0.3 is 5.73 Å². The predicted molar refractivity (Wildman–Crippen MR) is 82.3 cm³/mol. The number of anilines is 1. The van der Waals surface area contributed by atoms with Gasteiger partial charge in [0.2, 0.25) is 0 Å². The average molecular weight is 315 g/mol. The van der Waals surface area contributed by atoms with E-state index in [4.69, 9.17) is 5.73 Å². The van der Waals surface area contributed by atoms with Gasteiger partial charge in [0.15, 0.2) is 0 Å². The molecular weight excluding hydrogens is 303 g/mol. The number of hydrogen-bond donors (Lipinski definition) is 1. The molecule has 1 heterocycles. The number of aromatic nitrogens is 2. The molecule has 0 aliphatic rings. The molecule has 0 fully saturated rings. The summed E-state index contributed by atoms with van der Waals surface area (Å²) in [5, 5.41) is 0. The minimum Gasteiger partial charge on any atom is -0.399 e. The number of nitrogens with two attached hydrogens (primary N) is 1. The third kappa shape index (κ3) is 3.31. The summed E-state index contributed by atoms with van der Waals surface area (Å²) in [4.78, 5) is 8.23. The van der Waals surface area contributed by atoms with E-state index >= 15 is 0 Å². The first-order chi connectivity index (χ1) is 10.9. The van der Waals surface area contributed by atoms with Crippen LogP contribution in [0, 0.1) is 0 Å². The molecule has 3 rings (SSSR count). The van der Waals surface area contributed by atoms with Crippen LogP contribution in [0.1, 0.15) is 5.56 Å². The molecule has 3 aromatic rings. The van der Waals surface area contributed by atoms with Crippen molar-refractivity contribution < 1.29 is 13.2 Å². The van der Waals surface area contributed by atoms with Gasteiger partial charge in [-0.25, -0.2) is 9.97 Å². The lowest BCUT2D eigenvalue weighted by Crippen LogP contribution is -2.04. The summed E-state index contributed by atoms with van der Waals surface area (Å²) in [5.74, 6) is 0. The van der Waals surface area contributed by atoms with Crippen LogP contribution in [-0.2, 0) is 6.18 Å². The first-order valence-corrected chi connectivity index (χ1v) is 6.79. The maximum atomic E-state index is 12.8. The van der Waals surface area contributed by atoms with Gasteiger partial charge in [-0.05, 0) is 30.3 Å². The molecule has 0 unspecified atom stereocenters. The molecule has 3 nitrogen and oxygen atoms in total. The number of nitrogens with zero attached hydrogens (tertiary/aromatic N) is 2. The van der Waals surface area contributed by atoms with E-state index in [0.717, 1.165) is 17.7 Å². The van der Waals surface area contributed by atoms with E-state index in [1.807, 2.05) is 6.07 Å². The summed E-state index contributed by atoms with van der Waals surface area (Å²) in [6.45, 7) is 0. The Labute approximate surface area is 130 Å². The van der Waals surface area contributed by atoms with E-state index in [1.165, 1.54) is 12.4 Å². The maximum Gasteiger partial charge on any atom is 0.416 e. The molecule has 0 radical (unpaired) electrons. The largest absolute Gasteiger partial charge is 0.416 e. The highest BCUT2D eigenvalue weighted by Gasteiger charge is 2.30. The van der Waals surface area contributed by atoms with Crippen LogP contribution in [0.4, 0.5) is 18.9 Å². The normalized spacial score (nSPS) is 11.4. The minimum absolute atomic E-state index is 0.382. The molecule has 0 amide bonds. The summed E-state index contributed by atoms with van der Waals surface area (Å²) in [7, 11) is 0. The summed E-state index contributed by atoms with van der Waals surface area (Å²) in [5.41, 5.74) is 7.80. The molecule has 0 aliphatic heterocycles. The van der Waals surface area contributed by atoms with Gasteiger partial charge in [0, 0.05) is 16.8 Å².